The van der Waals surface area contributed by atoms with Gasteiger partial charge >= 0.3 is 6.09 Å². The van der Waals surface area contributed by atoms with Crippen molar-refractivity contribution in [1.29, 1.82) is 0 Å². The molecule has 0 unspecified atom stereocenters. The van der Waals surface area contributed by atoms with Crippen LogP contribution in [0, 0.1) is 11.6 Å². The van der Waals surface area contributed by atoms with Crippen molar-refractivity contribution in [2.45, 2.75) is 76.5 Å². The van der Waals surface area contributed by atoms with Gasteiger partial charge in [0.1, 0.15) is 23.0 Å². The quantitative estimate of drug-likeness (QED) is 0.349. The summed E-state index contributed by atoms with van der Waals surface area (Å²) in [6, 6.07) is 11.8. The number of ether oxygens (including phenoxy) is 2. The minimum absolute atomic E-state index is 0.0451. The molecule has 3 aliphatic rings. The second kappa shape index (κ2) is 10.3. The van der Waals surface area contributed by atoms with Crippen molar-refractivity contribution in [3.05, 3.63) is 86.9 Å². The van der Waals surface area contributed by atoms with E-state index in [0.29, 0.717) is 43.4 Å². The number of primary amides is 1. The fourth-order valence-corrected chi connectivity index (χ4v) is 7.11. The molecular weight excluding hydrogens is 562 g/mol. The topological polar surface area (TPSA) is 81.9 Å². The van der Waals surface area contributed by atoms with Crippen LogP contribution in [-0.2, 0) is 29.6 Å². The molecule has 9 heteroatoms. The molecular formula is C33H33ClF2N2O4. The van der Waals surface area contributed by atoms with E-state index < -0.39 is 40.9 Å². The number of carbonyl (C=O) groups is 2. The molecule has 42 heavy (non-hydrogen) atoms. The Morgan fingerprint density at radius 1 is 1.07 bits per heavy atom. The van der Waals surface area contributed by atoms with Crippen LogP contribution < -0.4 is 10.5 Å². The number of likely N-dealkylation sites (tertiary alicyclic amines) is 1. The molecule has 2 atom stereocenters. The minimum atomic E-state index is -1.15. The van der Waals surface area contributed by atoms with Gasteiger partial charge in [0.05, 0.1) is 16.6 Å². The first-order chi connectivity index (χ1) is 19.9. The summed E-state index contributed by atoms with van der Waals surface area (Å²) in [4.78, 5) is 27.7. The van der Waals surface area contributed by atoms with E-state index in [-0.39, 0.29) is 33.9 Å². The second-order valence-corrected chi connectivity index (χ2v) is 12.7. The maximum absolute atomic E-state index is 16.3. The molecule has 2 aliphatic heterocycles. The van der Waals surface area contributed by atoms with E-state index in [4.69, 9.17) is 26.8 Å². The molecule has 3 aromatic rings. The van der Waals surface area contributed by atoms with Gasteiger partial charge < -0.3 is 20.1 Å². The molecule has 1 aliphatic carbocycles. The number of aryl methyl sites for hydroxylation is 1. The molecule has 1 fully saturated rings. The molecule has 6 rings (SSSR count). The van der Waals surface area contributed by atoms with E-state index in [1.165, 1.54) is 6.07 Å². The molecule has 1 saturated heterocycles. The van der Waals surface area contributed by atoms with Crippen LogP contribution in [0.1, 0.15) is 72.6 Å². The zero-order valence-electron chi connectivity index (χ0n) is 23.9. The van der Waals surface area contributed by atoms with Gasteiger partial charge in [-0.15, -0.1) is 0 Å². The Hall–Kier alpha value is -3.65. The van der Waals surface area contributed by atoms with Crippen LogP contribution >= 0.6 is 11.6 Å². The molecule has 0 aromatic heterocycles. The van der Waals surface area contributed by atoms with Crippen LogP contribution in [0.4, 0.5) is 13.6 Å². The van der Waals surface area contributed by atoms with Gasteiger partial charge in [-0.1, -0.05) is 41.9 Å². The van der Waals surface area contributed by atoms with Gasteiger partial charge in [-0.2, -0.15) is 0 Å². The lowest BCUT2D eigenvalue weighted by atomic mass is 9.79. The Kier molecular flexibility index (Phi) is 6.96. The summed E-state index contributed by atoms with van der Waals surface area (Å²) in [6.07, 6.45) is 2.87. The fraction of sp³-hybridized carbons (Fsp3) is 0.394. The van der Waals surface area contributed by atoms with E-state index >= 15 is 8.78 Å². The number of halogens is 3. The number of rotatable bonds is 4. The zero-order valence-corrected chi connectivity index (χ0v) is 24.6. The lowest BCUT2D eigenvalue weighted by Gasteiger charge is -2.40. The van der Waals surface area contributed by atoms with E-state index in [0.717, 1.165) is 17.5 Å². The zero-order chi connectivity index (χ0) is 30.0. The smallest absolute Gasteiger partial charge is 0.410 e. The number of fused-ring (bicyclic) bond motifs is 2. The lowest BCUT2D eigenvalue weighted by molar-refractivity contribution is -0.0216. The number of hydrogen-bond acceptors (Lipinski definition) is 4. The van der Waals surface area contributed by atoms with Crippen LogP contribution in [0.15, 0.2) is 42.5 Å². The third-order valence-electron chi connectivity index (χ3n) is 8.55. The van der Waals surface area contributed by atoms with Crippen molar-refractivity contribution in [2.75, 3.05) is 6.54 Å². The Balaban J connectivity index is 1.55. The average molecular weight is 595 g/mol. The number of benzene rings is 3. The number of carbonyl (C=O) groups excluding carboxylic acids is 2. The Morgan fingerprint density at radius 3 is 2.50 bits per heavy atom. The minimum Gasteiger partial charge on any atom is -0.480 e. The van der Waals surface area contributed by atoms with Gasteiger partial charge in [-0.05, 0) is 75.6 Å². The maximum atomic E-state index is 16.3. The van der Waals surface area contributed by atoms with Crippen molar-refractivity contribution in [2.24, 2.45) is 5.73 Å². The molecule has 0 bridgehead atoms. The molecule has 2 N–H and O–H groups in total. The highest BCUT2D eigenvalue weighted by Crippen LogP contribution is 2.53. The molecule has 220 valence electrons. The standard InChI is InChI=1S/C33H33ClF2N2O4/c1-32(2,3)42-31(40)38-14-8-13-25(38)33(19-10-5-4-6-11-19)17-22-24(41-33)16-23(35)28(34)26(22)27-21(30(37)39)15-18-9-7-12-20(18)29(27)36/h4-6,10-11,15-16,25H,7-9,12-14,17H2,1-3H3,(H2,37,39)/t25-,33-/m0/s1. The third kappa shape index (κ3) is 4.60. The largest absolute Gasteiger partial charge is 0.480 e. The average Bonchev–Trinajstić information content (AvgIpc) is 3.68. The lowest BCUT2D eigenvalue weighted by Crippen LogP contribution is -2.53. The Morgan fingerprint density at radius 2 is 1.81 bits per heavy atom. The first-order valence-corrected chi connectivity index (χ1v) is 14.7. The van der Waals surface area contributed by atoms with Gasteiger partial charge in [-0.3, -0.25) is 4.79 Å². The van der Waals surface area contributed by atoms with Crippen molar-refractivity contribution in [1.82, 2.24) is 4.90 Å². The van der Waals surface area contributed by atoms with E-state index in [1.807, 2.05) is 51.1 Å². The van der Waals surface area contributed by atoms with Crippen LogP contribution in [0.3, 0.4) is 0 Å². The first-order valence-electron chi connectivity index (χ1n) is 14.3. The van der Waals surface area contributed by atoms with Gasteiger partial charge in [-0.25, -0.2) is 13.6 Å². The maximum Gasteiger partial charge on any atom is 0.410 e. The highest BCUT2D eigenvalue weighted by molar-refractivity contribution is 6.34. The van der Waals surface area contributed by atoms with E-state index in [1.54, 1.807) is 11.0 Å². The van der Waals surface area contributed by atoms with Gasteiger partial charge in [0.2, 0.25) is 5.91 Å². The predicted octanol–water partition coefficient (Wildman–Crippen LogP) is 7.10. The molecule has 0 radical (unpaired) electrons. The van der Waals surface area contributed by atoms with Crippen LogP contribution in [0.2, 0.25) is 5.02 Å². The van der Waals surface area contributed by atoms with Crippen LogP contribution in [-0.4, -0.2) is 35.1 Å². The summed E-state index contributed by atoms with van der Waals surface area (Å²) in [5.41, 5.74) is 6.27. The van der Waals surface area contributed by atoms with Gasteiger partial charge in [0, 0.05) is 35.7 Å². The summed E-state index contributed by atoms with van der Waals surface area (Å²) >= 11 is 6.63. The van der Waals surface area contributed by atoms with Gasteiger partial charge in [0.15, 0.2) is 5.60 Å². The van der Waals surface area contributed by atoms with Crippen molar-refractivity contribution in [3.8, 4) is 16.9 Å². The first kappa shape index (κ1) is 28.5. The summed E-state index contributed by atoms with van der Waals surface area (Å²) in [5, 5.41) is -0.309. The highest BCUT2D eigenvalue weighted by atomic mass is 35.5. The Bertz CT molecular complexity index is 1600. The van der Waals surface area contributed by atoms with Crippen molar-refractivity contribution in [3.63, 3.8) is 0 Å². The third-order valence-corrected chi connectivity index (χ3v) is 8.92. The fourth-order valence-electron chi connectivity index (χ4n) is 6.84. The van der Waals surface area contributed by atoms with Crippen molar-refractivity contribution >= 4 is 23.6 Å². The predicted molar refractivity (Wildman–Crippen MR) is 156 cm³/mol. The molecule has 2 amide bonds. The van der Waals surface area contributed by atoms with Crippen LogP contribution in [0.5, 0.6) is 5.75 Å². The number of amides is 2. The van der Waals surface area contributed by atoms with E-state index in [2.05, 4.69) is 0 Å². The van der Waals surface area contributed by atoms with Crippen LogP contribution in [0.25, 0.3) is 11.1 Å². The van der Waals surface area contributed by atoms with Crippen molar-refractivity contribution < 1.29 is 27.8 Å². The SMILES string of the molecule is CC(C)(C)OC(=O)N1CCC[C@H]1[C@@]1(c2ccccc2)Cc2c(cc(F)c(Cl)c2-c2c(C(N)=O)cc3c(c2F)CCC3)O1. The molecule has 0 spiro atoms. The van der Waals surface area contributed by atoms with E-state index in [9.17, 15) is 9.59 Å². The molecule has 0 saturated carbocycles. The number of nitrogens with zero attached hydrogens (tertiary/aromatic N) is 1. The van der Waals surface area contributed by atoms with Gasteiger partial charge in [0.25, 0.3) is 0 Å². The Labute approximate surface area is 248 Å². The summed E-state index contributed by atoms with van der Waals surface area (Å²) in [5.74, 6) is -2.06. The second-order valence-electron chi connectivity index (χ2n) is 12.4. The number of nitrogens with two attached hydrogens (primary N) is 1. The normalized spacial score (nSPS) is 21.2. The highest BCUT2D eigenvalue weighted by Gasteiger charge is 2.54. The summed E-state index contributed by atoms with van der Waals surface area (Å²) < 4.78 is 44.3. The summed E-state index contributed by atoms with van der Waals surface area (Å²) in [6.45, 7) is 5.89. The monoisotopic (exact) mass is 594 g/mol. The number of hydrogen-bond donors (Lipinski definition) is 1. The molecule has 2 heterocycles. The summed E-state index contributed by atoms with van der Waals surface area (Å²) in [7, 11) is 0. The molecule has 3 aromatic carbocycles. The molecule has 6 nitrogen and oxygen atoms in total.